The highest BCUT2D eigenvalue weighted by Crippen LogP contribution is 2.42. The van der Waals surface area contributed by atoms with Crippen molar-refractivity contribution in [3.63, 3.8) is 0 Å². The van der Waals surface area contributed by atoms with Gasteiger partial charge in [-0.3, -0.25) is 4.79 Å². The zero-order chi connectivity index (χ0) is 19.8. The van der Waals surface area contributed by atoms with Crippen molar-refractivity contribution in [2.24, 2.45) is 0 Å². The average molecular weight is 366 g/mol. The maximum atomic E-state index is 12.8. The van der Waals surface area contributed by atoms with Gasteiger partial charge in [-0.05, 0) is 54.5 Å². The highest BCUT2D eigenvalue weighted by Gasteiger charge is 2.42. The Bertz CT molecular complexity index is 798. The predicted molar refractivity (Wildman–Crippen MR) is 110 cm³/mol. The second-order valence-electron chi connectivity index (χ2n) is 9.20. The molecule has 1 aliphatic heterocycles. The van der Waals surface area contributed by atoms with E-state index in [2.05, 4.69) is 64.2 Å². The van der Waals surface area contributed by atoms with Gasteiger partial charge in [0.25, 0.3) is 0 Å². The highest BCUT2D eigenvalue weighted by atomic mass is 16.5. The molecule has 2 atom stereocenters. The molecule has 3 heteroatoms. The first-order valence-electron chi connectivity index (χ1n) is 9.68. The molecule has 1 fully saturated rings. The third-order valence-corrected chi connectivity index (χ3v) is 5.80. The van der Waals surface area contributed by atoms with Gasteiger partial charge in [-0.25, -0.2) is 0 Å². The molecule has 3 nitrogen and oxygen atoms in total. The lowest BCUT2D eigenvalue weighted by Crippen LogP contribution is -2.54. The van der Waals surface area contributed by atoms with Crippen molar-refractivity contribution >= 4 is 5.91 Å². The summed E-state index contributed by atoms with van der Waals surface area (Å²) in [6, 6.07) is 16.8. The quantitative estimate of drug-likeness (QED) is 0.816. The molecule has 0 aromatic heterocycles. The van der Waals surface area contributed by atoms with Crippen molar-refractivity contribution in [3.05, 3.63) is 65.2 Å². The van der Waals surface area contributed by atoms with Gasteiger partial charge in [0.2, 0.25) is 5.91 Å². The fraction of sp³-hybridized carbons (Fsp3) is 0.458. The van der Waals surface area contributed by atoms with Crippen LogP contribution in [-0.2, 0) is 10.2 Å². The molecular formula is C24H31NO2. The molecule has 0 radical (unpaired) electrons. The van der Waals surface area contributed by atoms with E-state index in [1.54, 1.807) is 7.11 Å². The number of hydrogen-bond acceptors (Lipinski definition) is 2. The summed E-state index contributed by atoms with van der Waals surface area (Å²) in [6.45, 7) is 10.9. The maximum Gasteiger partial charge on any atom is 0.227 e. The molecule has 0 unspecified atom stereocenters. The van der Waals surface area contributed by atoms with Crippen molar-refractivity contribution in [1.82, 2.24) is 5.32 Å². The Labute approximate surface area is 163 Å². The number of amides is 1. The van der Waals surface area contributed by atoms with Crippen LogP contribution in [0.3, 0.4) is 0 Å². The molecule has 1 amide bonds. The average Bonchev–Trinajstić information content (AvgIpc) is 2.61. The Balaban J connectivity index is 1.90. The second-order valence-corrected chi connectivity index (χ2v) is 9.20. The van der Waals surface area contributed by atoms with Crippen LogP contribution in [0.25, 0.3) is 0 Å². The van der Waals surface area contributed by atoms with Gasteiger partial charge in [-0.15, -0.1) is 0 Å². The van der Waals surface area contributed by atoms with Gasteiger partial charge in [-0.2, -0.15) is 0 Å². The summed E-state index contributed by atoms with van der Waals surface area (Å²) < 4.78 is 5.24. The molecular weight excluding hydrogens is 334 g/mol. The third-order valence-electron chi connectivity index (χ3n) is 5.80. The first kappa shape index (κ1) is 19.5. The molecule has 2 aromatic rings. The minimum Gasteiger partial charge on any atom is -0.497 e. The zero-order valence-corrected chi connectivity index (χ0v) is 17.3. The molecule has 1 aliphatic rings. The Morgan fingerprint density at radius 2 is 1.52 bits per heavy atom. The van der Waals surface area contributed by atoms with Crippen LogP contribution in [-0.4, -0.2) is 18.6 Å². The number of carbonyl (C=O) groups excluding carboxylic acids is 1. The lowest BCUT2D eigenvalue weighted by Gasteiger charge is -2.43. The van der Waals surface area contributed by atoms with Crippen molar-refractivity contribution < 1.29 is 9.53 Å². The second kappa shape index (κ2) is 7.03. The Morgan fingerprint density at radius 3 is 2.04 bits per heavy atom. The summed E-state index contributed by atoms with van der Waals surface area (Å²) in [5, 5.41) is 3.26. The number of rotatable bonds is 3. The van der Waals surface area contributed by atoms with Gasteiger partial charge in [0, 0.05) is 11.5 Å². The summed E-state index contributed by atoms with van der Waals surface area (Å²) in [5.41, 5.74) is 3.52. The SMILES string of the molecule is COc1ccc([C@H]2C[C@@H](c3ccc(C(C)(C)C)cc3)C(C)(C)NC2=O)cc1. The molecule has 0 bridgehead atoms. The van der Waals surface area contributed by atoms with Crippen LogP contribution in [0.4, 0.5) is 0 Å². The first-order chi connectivity index (χ1) is 12.6. The van der Waals surface area contributed by atoms with E-state index in [0.717, 1.165) is 17.7 Å². The van der Waals surface area contributed by atoms with Crippen molar-refractivity contribution in [3.8, 4) is 5.75 Å². The van der Waals surface area contributed by atoms with Gasteiger partial charge in [-0.1, -0.05) is 57.2 Å². The fourth-order valence-corrected chi connectivity index (χ4v) is 4.02. The standard InChI is InChI=1S/C24H31NO2/c1-23(2,3)18-11-7-17(8-12-18)21-15-20(22(26)25-24(21,4)5)16-9-13-19(27-6)14-10-16/h7-14,20-21H,15H2,1-6H3,(H,25,26)/t20-,21+/m1/s1. The van der Waals surface area contributed by atoms with Crippen LogP contribution in [0.15, 0.2) is 48.5 Å². The van der Waals surface area contributed by atoms with E-state index in [1.165, 1.54) is 11.1 Å². The van der Waals surface area contributed by atoms with Gasteiger partial charge < -0.3 is 10.1 Å². The number of piperidine rings is 1. The third kappa shape index (κ3) is 4.02. The molecule has 0 spiro atoms. The minimum absolute atomic E-state index is 0.104. The lowest BCUT2D eigenvalue weighted by molar-refractivity contribution is -0.127. The molecule has 1 heterocycles. The summed E-state index contributed by atoms with van der Waals surface area (Å²) in [6.07, 6.45) is 0.806. The Kier molecular flexibility index (Phi) is 5.07. The topological polar surface area (TPSA) is 38.3 Å². The highest BCUT2D eigenvalue weighted by molar-refractivity contribution is 5.85. The van der Waals surface area contributed by atoms with Gasteiger partial charge in [0.15, 0.2) is 0 Å². The smallest absolute Gasteiger partial charge is 0.227 e. The van der Waals surface area contributed by atoms with E-state index in [9.17, 15) is 4.79 Å². The maximum absolute atomic E-state index is 12.8. The summed E-state index contributed by atoms with van der Waals surface area (Å²) in [4.78, 5) is 12.8. The van der Waals surface area contributed by atoms with E-state index in [-0.39, 0.29) is 28.7 Å². The molecule has 144 valence electrons. The summed E-state index contributed by atoms with van der Waals surface area (Å²) in [7, 11) is 1.65. The molecule has 1 N–H and O–H groups in total. The summed E-state index contributed by atoms with van der Waals surface area (Å²) in [5.74, 6) is 1.03. The van der Waals surface area contributed by atoms with Crippen LogP contribution in [0.1, 0.15) is 69.6 Å². The number of ether oxygens (including phenoxy) is 1. The summed E-state index contributed by atoms with van der Waals surface area (Å²) >= 11 is 0. The fourth-order valence-electron chi connectivity index (χ4n) is 4.02. The van der Waals surface area contributed by atoms with Crippen LogP contribution >= 0.6 is 0 Å². The van der Waals surface area contributed by atoms with E-state index in [0.29, 0.717) is 0 Å². The first-order valence-corrected chi connectivity index (χ1v) is 9.68. The van der Waals surface area contributed by atoms with Gasteiger partial charge >= 0.3 is 0 Å². The number of hydrogen-bond donors (Lipinski definition) is 1. The normalized spacial score (nSPS) is 22.2. The van der Waals surface area contributed by atoms with Crippen molar-refractivity contribution in [2.75, 3.05) is 7.11 Å². The van der Waals surface area contributed by atoms with Crippen molar-refractivity contribution in [1.29, 1.82) is 0 Å². The minimum atomic E-state index is -0.275. The molecule has 0 saturated carbocycles. The van der Waals surface area contributed by atoms with Crippen LogP contribution < -0.4 is 10.1 Å². The van der Waals surface area contributed by atoms with Crippen LogP contribution in [0, 0.1) is 0 Å². The molecule has 3 rings (SSSR count). The van der Waals surface area contributed by atoms with Crippen molar-refractivity contribution in [2.45, 2.75) is 63.8 Å². The largest absolute Gasteiger partial charge is 0.497 e. The molecule has 0 aliphatic carbocycles. The lowest BCUT2D eigenvalue weighted by atomic mass is 9.71. The van der Waals surface area contributed by atoms with Crippen LogP contribution in [0.2, 0.25) is 0 Å². The van der Waals surface area contributed by atoms with E-state index >= 15 is 0 Å². The Morgan fingerprint density at radius 1 is 0.963 bits per heavy atom. The van der Waals surface area contributed by atoms with E-state index in [4.69, 9.17) is 4.74 Å². The number of benzene rings is 2. The van der Waals surface area contributed by atoms with E-state index < -0.39 is 0 Å². The number of nitrogens with one attached hydrogen (secondary N) is 1. The van der Waals surface area contributed by atoms with E-state index in [1.807, 2.05) is 24.3 Å². The van der Waals surface area contributed by atoms with Crippen LogP contribution in [0.5, 0.6) is 5.75 Å². The predicted octanol–water partition coefficient (Wildman–Crippen LogP) is 5.16. The molecule has 27 heavy (non-hydrogen) atoms. The monoisotopic (exact) mass is 365 g/mol. The number of methoxy groups -OCH3 is 1. The Hall–Kier alpha value is -2.29. The number of carbonyl (C=O) groups is 1. The zero-order valence-electron chi connectivity index (χ0n) is 17.3. The molecule has 1 saturated heterocycles. The van der Waals surface area contributed by atoms with Gasteiger partial charge in [0.05, 0.1) is 13.0 Å². The molecule has 2 aromatic carbocycles. The van der Waals surface area contributed by atoms with Gasteiger partial charge in [0.1, 0.15) is 5.75 Å².